The SMILES string of the molecule is [CH3-].[CH3-].[CH3-].[CH3-].[Cl-].[Cl-].[Zr+3].[Zr+3].c1ccc2c(c1)-c1ccccc1C2[Si]C1c2ccccc2-c2ccccc21.c1ccc2c(c1)-c1ccccc1C2[Si]C1c2ccccc2-c2ccccc21. The Morgan fingerprint density at radius 2 is 0.323 bits per heavy atom. The molecule has 0 unspecified atom stereocenters. The van der Waals surface area contributed by atoms with Crippen molar-refractivity contribution in [3.05, 3.63) is 268 Å². The van der Waals surface area contributed by atoms with Gasteiger partial charge in [-0.1, -0.05) is 194 Å². The van der Waals surface area contributed by atoms with E-state index in [2.05, 4.69) is 194 Å². The molecule has 0 nitrogen and oxygen atoms in total. The normalized spacial score (nSPS) is 12.6. The van der Waals surface area contributed by atoms with Crippen LogP contribution in [0.5, 0.6) is 0 Å². The molecule has 8 aromatic rings. The van der Waals surface area contributed by atoms with E-state index >= 15 is 0 Å². The van der Waals surface area contributed by atoms with Gasteiger partial charge in [-0.3, -0.25) is 0 Å². The van der Waals surface area contributed by atoms with Gasteiger partial charge < -0.3 is 54.5 Å². The van der Waals surface area contributed by atoms with Crippen LogP contribution in [0.25, 0.3) is 44.5 Å². The van der Waals surface area contributed by atoms with Gasteiger partial charge >= 0.3 is 52.4 Å². The third-order valence-electron chi connectivity index (χ3n) is 12.0. The van der Waals surface area contributed by atoms with Gasteiger partial charge in [0, 0.05) is 22.2 Å². The standard InChI is InChI=1S/2C26H18Si.4CH3.2ClH.2Zr/c2*1-5-13-21-17(9-1)18-10-2-6-14-22(18)25(21)27-26-23-15-7-3-11-19(23)20-12-4-8-16-24(20)26;;;;;;;;/h2*1-16,25-26H;4*1H3;2*1H;;/q;;4*-1;;;2*+3/p-2. The average Bonchev–Trinajstić information content (AvgIpc) is 3.95. The summed E-state index contributed by atoms with van der Waals surface area (Å²) in [5.41, 5.74) is 25.3. The molecule has 0 aliphatic heterocycles. The Labute approximate surface area is 427 Å². The van der Waals surface area contributed by atoms with Crippen molar-refractivity contribution < 1.29 is 77.2 Å². The molecule has 0 atom stereocenters. The van der Waals surface area contributed by atoms with Gasteiger partial charge in [0.05, 0.1) is 19.0 Å². The van der Waals surface area contributed by atoms with Crippen molar-refractivity contribution in [2.75, 3.05) is 0 Å². The monoisotopic (exact) mass is 1030 g/mol. The first-order chi connectivity index (χ1) is 26.8. The molecule has 12 rings (SSSR count). The van der Waals surface area contributed by atoms with Crippen LogP contribution in [0.1, 0.15) is 66.7 Å². The molecule has 8 aromatic carbocycles. The molecule has 4 aliphatic rings. The first-order valence-corrected chi connectivity index (χ1v) is 21.4. The topological polar surface area (TPSA) is 0 Å². The van der Waals surface area contributed by atoms with Crippen molar-refractivity contribution in [1.29, 1.82) is 0 Å². The van der Waals surface area contributed by atoms with Gasteiger partial charge in [-0.2, -0.15) is 0 Å². The van der Waals surface area contributed by atoms with Gasteiger partial charge in [0.2, 0.25) is 0 Å². The quantitative estimate of drug-likeness (QED) is 0.123. The molecular weight excluding hydrogens is 982 g/mol. The summed E-state index contributed by atoms with van der Waals surface area (Å²) in [5.74, 6) is 0. The summed E-state index contributed by atoms with van der Waals surface area (Å²) in [6.45, 7) is 0. The smallest absolute Gasteiger partial charge is 1.00 e. The summed E-state index contributed by atoms with van der Waals surface area (Å²) in [7, 11) is 1.62. The van der Waals surface area contributed by atoms with Crippen LogP contribution in [0.3, 0.4) is 0 Å². The van der Waals surface area contributed by atoms with Crippen LogP contribution in [0.15, 0.2) is 194 Å². The molecule has 6 radical (unpaired) electrons. The molecule has 62 heavy (non-hydrogen) atoms. The maximum atomic E-state index is 2.33. The van der Waals surface area contributed by atoms with Crippen LogP contribution in [-0.2, 0) is 52.4 Å². The van der Waals surface area contributed by atoms with Gasteiger partial charge in [0.15, 0.2) is 0 Å². The van der Waals surface area contributed by atoms with Gasteiger partial charge in [0.1, 0.15) is 0 Å². The predicted octanol–water partition coefficient (Wildman–Crippen LogP) is 8.27. The maximum Gasteiger partial charge on any atom is 3.00 e. The average molecular weight is 1030 g/mol. The number of rotatable bonds is 4. The summed E-state index contributed by atoms with van der Waals surface area (Å²) in [4.78, 5) is 0. The Morgan fingerprint density at radius 3 is 0.452 bits per heavy atom. The molecule has 0 saturated heterocycles. The van der Waals surface area contributed by atoms with E-state index in [0.717, 1.165) is 19.0 Å². The molecule has 0 saturated carbocycles. The molecule has 6 heteroatoms. The van der Waals surface area contributed by atoms with Crippen LogP contribution >= 0.6 is 0 Å². The zero-order valence-corrected chi connectivity index (χ0v) is 44.0. The summed E-state index contributed by atoms with van der Waals surface area (Å²) in [5, 5.41) is 0. The van der Waals surface area contributed by atoms with E-state index in [1.807, 2.05) is 0 Å². The van der Waals surface area contributed by atoms with E-state index in [9.17, 15) is 0 Å². The zero-order chi connectivity index (χ0) is 35.6. The van der Waals surface area contributed by atoms with Crippen LogP contribution < -0.4 is 24.8 Å². The molecule has 0 N–H and O–H groups in total. The second kappa shape index (κ2) is 22.4. The van der Waals surface area contributed by atoms with Crippen molar-refractivity contribution in [3.63, 3.8) is 0 Å². The zero-order valence-electron chi connectivity index (χ0n) is 35.5. The van der Waals surface area contributed by atoms with Crippen molar-refractivity contribution in [2.24, 2.45) is 0 Å². The second-order valence-electron chi connectivity index (χ2n) is 14.8. The van der Waals surface area contributed by atoms with Crippen LogP contribution in [0.4, 0.5) is 0 Å². The predicted molar refractivity (Wildman–Crippen MR) is 252 cm³/mol. The van der Waals surface area contributed by atoms with Crippen molar-refractivity contribution >= 4 is 19.0 Å². The Kier molecular flexibility index (Phi) is 19.1. The minimum atomic E-state index is 0. The van der Waals surface area contributed by atoms with Crippen LogP contribution in [0, 0.1) is 29.7 Å². The third-order valence-corrected chi connectivity index (χ3v) is 15.8. The third kappa shape index (κ3) is 8.83. The molecular formula is C56H48Cl2Si2Zr2. The summed E-state index contributed by atoms with van der Waals surface area (Å²) in [6, 6.07) is 71.8. The fourth-order valence-electron chi connectivity index (χ4n) is 9.67. The van der Waals surface area contributed by atoms with Gasteiger partial charge in [-0.25, -0.2) is 0 Å². The van der Waals surface area contributed by atoms with Crippen LogP contribution in [-0.4, -0.2) is 19.0 Å². The summed E-state index contributed by atoms with van der Waals surface area (Å²) < 4.78 is 0. The molecule has 0 heterocycles. The maximum absolute atomic E-state index is 2.33. The van der Waals surface area contributed by atoms with Crippen molar-refractivity contribution in [1.82, 2.24) is 0 Å². The summed E-state index contributed by atoms with van der Waals surface area (Å²) in [6.07, 6.45) is 0. The van der Waals surface area contributed by atoms with E-state index in [1.165, 1.54) is 89.0 Å². The number of halogens is 2. The Balaban J connectivity index is 0.000000293. The minimum absolute atomic E-state index is 0. The first kappa shape index (κ1) is 52.9. The van der Waals surface area contributed by atoms with E-state index in [0.29, 0.717) is 22.2 Å². The fraction of sp³-hybridized carbons (Fsp3) is 0.0714. The van der Waals surface area contributed by atoms with Gasteiger partial charge in [0.25, 0.3) is 0 Å². The molecule has 302 valence electrons. The number of fused-ring (bicyclic) bond motifs is 12. The van der Waals surface area contributed by atoms with Crippen molar-refractivity contribution in [2.45, 2.75) is 22.2 Å². The first-order valence-electron chi connectivity index (χ1n) is 19.1. The van der Waals surface area contributed by atoms with E-state index < -0.39 is 0 Å². The Bertz CT molecular complexity index is 2190. The van der Waals surface area contributed by atoms with E-state index in [-0.39, 0.29) is 107 Å². The van der Waals surface area contributed by atoms with E-state index in [1.54, 1.807) is 0 Å². The number of benzene rings is 8. The molecule has 0 bridgehead atoms. The Morgan fingerprint density at radius 1 is 0.210 bits per heavy atom. The number of hydrogen-bond donors (Lipinski definition) is 0. The molecule has 0 fully saturated rings. The van der Waals surface area contributed by atoms with E-state index in [4.69, 9.17) is 0 Å². The summed E-state index contributed by atoms with van der Waals surface area (Å²) >= 11 is 0. The van der Waals surface area contributed by atoms with Crippen molar-refractivity contribution in [3.8, 4) is 44.5 Å². The molecule has 4 aliphatic carbocycles. The Hall–Kier alpha value is -3.46. The van der Waals surface area contributed by atoms with Crippen LogP contribution in [0.2, 0.25) is 0 Å². The second-order valence-corrected chi connectivity index (χ2v) is 17.7. The fourth-order valence-corrected chi connectivity index (χ4v) is 13.8. The molecule has 0 spiro atoms. The molecule has 0 aromatic heterocycles. The van der Waals surface area contributed by atoms with Gasteiger partial charge in [-0.05, 0) is 89.0 Å². The number of hydrogen-bond acceptors (Lipinski definition) is 0. The van der Waals surface area contributed by atoms with Gasteiger partial charge in [-0.15, -0.1) is 0 Å². The molecule has 0 amide bonds. The largest absolute Gasteiger partial charge is 3.00 e. The minimum Gasteiger partial charge on any atom is -1.00 e.